The second kappa shape index (κ2) is 5.61. The molecule has 0 bridgehead atoms. The lowest BCUT2D eigenvalue weighted by atomic mass is 10.1. The average molecular weight is 290 g/mol. The largest absolute Gasteiger partial charge is 0.465 e. The van der Waals surface area contributed by atoms with Crippen molar-refractivity contribution in [2.45, 2.75) is 6.92 Å². The van der Waals surface area contributed by atoms with Crippen LogP contribution in [0.4, 0.5) is 11.6 Å². The van der Waals surface area contributed by atoms with Crippen molar-refractivity contribution in [3.05, 3.63) is 50.3 Å². The molecule has 1 aromatic carbocycles. The van der Waals surface area contributed by atoms with E-state index in [1.807, 2.05) is 6.92 Å². The summed E-state index contributed by atoms with van der Waals surface area (Å²) in [5.74, 6) is -0.475. The van der Waals surface area contributed by atoms with Crippen molar-refractivity contribution in [2.24, 2.45) is 7.05 Å². The van der Waals surface area contributed by atoms with E-state index in [2.05, 4.69) is 20.0 Å². The lowest BCUT2D eigenvalue weighted by molar-refractivity contribution is 0.0601. The highest BCUT2D eigenvalue weighted by Crippen LogP contribution is 2.19. The summed E-state index contributed by atoms with van der Waals surface area (Å²) in [5, 5.41) is 2.81. The number of carbonyl (C=O) groups is 1. The summed E-state index contributed by atoms with van der Waals surface area (Å²) in [6, 6.07) is 4.89. The number of hydrogen-bond donors (Lipinski definition) is 2. The van der Waals surface area contributed by atoms with Crippen LogP contribution in [0, 0.1) is 6.92 Å². The normalized spacial score (nSPS) is 10.2. The van der Waals surface area contributed by atoms with Crippen LogP contribution in [-0.2, 0) is 11.8 Å². The first-order chi connectivity index (χ1) is 9.92. The van der Waals surface area contributed by atoms with E-state index in [-0.39, 0.29) is 5.95 Å². The maximum atomic E-state index is 11.5. The Morgan fingerprint density at radius 1 is 1.38 bits per heavy atom. The molecule has 21 heavy (non-hydrogen) atoms. The Hall–Kier alpha value is -2.90. The van der Waals surface area contributed by atoms with E-state index in [1.54, 1.807) is 18.2 Å². The predicted octanol–water partition coefficient (Wildman–Crippen LogP) is 0.307. The molecular formula is C13H14N4O4. The Bertz CT molecular complexity index is 775. The highest BCUT2D eigenvalue weighted by Gasteiger charge is 2.09. The summed E-state index contributed by atoms with van der Waals surface area (Å²) in [6.07, 6.45) is 0. The van der Waals surface area contributed by atoms with Gasteiger partial charge in [-0.1, -0.05) is 6.07 Å². The summed E-state index contributed by atoms with van der Waals surface area (Å²) >= 11 is 0. The van der Waals surface area contributed by atoms with Crippen LogP contribution in [0.15, 0.2) is 27.8 Å². The number of aromatic nitrogens is 3. The Balaban J connectivity index is 2.42. The molecule has 8 nitrogen and oxygen atoms in total. The van der Waals surface area contributed by atoms with Crippen molar-refractivity contribution in [3.63, 3.8) is 0 Å². The minimum absolute atomic E-state index is 0.00761. The number of benzene rings is 1. The second-order valence-corrected chi connectivity index (χ2v) is 4.38. The van der Waals surface area contributed by atoms with E-state index in [9.17, 15) is 14.4 Å². The number of nitrogens with zero attached hydrogens (tertiary/aromatic N) is 2. The third-order valence-corrected chi connectivity index (χ3v) is 2.94. The van der Waals surface area contributed by atoms with E-state index in [0.717, 1.165) is 10.1 Å². The van der Waals surface area contributed by atoms with Crippen LogP contribution < -0.4 is 16.7 Å². The van der Waals surface area contributed by atoms with E-state index in [4.69, 9.17) is 0 Å². The first kappa shape index (κ1) is 14.5. The molecule has 0 saturated heterocycles. The molecule has 0 fully saturated rings. The van der Waals surface area contributed by atoms with Crippen LogP contribution in [0.5, 0.6) is 0 Å². The number of ether oxygens (including phenoxy) is 1. The maximum absolute atomic E-state index is 11.5. The number of aromatic amines is 1. The van der Waals surface area contributed by atoms with Crippen molar-refractivity contribution in [1.82, 2.24) is 14.5 Å². The lowest BCUT2D eigenvalue weighted by Gasteiger charge is -2.10. The molecule has 0 unspecified atom stereocenters. The molecular weight excluding hydrogens is 276 g/mol. The van der Waals surface area contributed by atoms with Crippen LogP contribution in [0.2, 0.25) is 0 Å². The zero-order valence-electron chi connectivity index (χ0n) is 11.8. The molecule has 2 aromatic rings. The van der Waals surface area contributed by atoms with Crippen molar-refractivity contribution < 1.29 is 9.53 Å². The van der Waals surface area contributed by atoms with Gasteiger partial charge in [0.15, 0.2) is 0 Å². The van der Waals surface area contributed by atoms with Gasteiger partial charge in [-0.25, -0.2) is 19.0 Å². The van der Waals surface area contributed by atoms with Gasteiger partial charge < -0.3 is 10.1 Å². The Morgan fingerprint density at radius 3 is 2.71 bits per heavy atom. The zero-order valence-corrected chi connectivity index (χ0v) is 11.8. The first-order valence-electron chi connectivity index (χ1n) is 6.05. The summed E-state index contributed by atoms with van der Waals surface area (Å²) in [7, 11) is 2.61. The number of carbonyl (C=O) groups excluding carboxylic acids is 1. The maximum Gasteiger partial charge on any atom is 0.354 e. The minimum Gasteiger partial charge on any atom is -0.465 e. The van der Waals surface area contributed by atoms with E-state index >= 15 is 0 Å². The number of anilines is 2. The van der Waals surface area contributed by atoms with Crippen molar-refractivity contribution in [1.29, 1.82) is 0 Å². The van der Waals surface area contributed by atoms with Crippen LogP contribution in [0.3, 0.4) is 0 Å². The number of hydrogen-bond acceptors (Lipinski definition) is 6. The highest BCUT2D eigenvalue weighted by atomic mass is 16.5. The molecule has 0 radical (unpaired) electrons. The van der Waals surface area contributed by atoms with Gasteiger partial charge in [0.25, 0.3) is 0 Å². The lowest BCUT2D eigenvalue weighted by Crippen LogP contribution is -2.35. The monoisotopic (exact) mass is 290 g/mol. The molecule has 2 N–H and O–H groups in total. The van der Waals surface area contributed by atoms with E-state index < -0.39 is 17.3 Å². The quantitative estimate of drug-likeness (QED) is 0.788. The molecule has 0 aliphatic carbocycles. The van der Waals surface area contributed by atoms with Crippen molar-refractivity contribution in [2.75, 3.05) is 12.4 Å². The average Bonchev–Trinajstić information content (AvgIpc) is 2.46. The van der Waals surface area contributed by atoms with Gasteiger partial charge in [-0.2, -0.15) is 4.98 Å². The fourth-order valence-corrected chi connectivity index (χ4v) is 1.66. The molecule has 0 spiro atoms. The SMILES string of the molecule is COC(=O)c1ccc(C)c(Nc2nc(=O)n(C)c(=O)[nH]2)c1. The van der Waals surface area contributed by atoms with Gasteiger partial charge in [-0.05, 0) is 24.6 Å². The number of methoxy groups -OCH3 is 1. The summed E-state index contributed by atoms with van der Waals surface area (Å²) in [4.78, 5) is 40.6. The van der Waals surface area contributed by atoms with Gasteiger partial charge in [0, 0.05) is 12.7 Å². The molecule has 8 heteroatoms. The number of H-pyrrole nitrogens is 1. The van der Waals surface area contributed by atoms with Crippen molar-refractivity contribution in [3.8, 4) is 0 Å². The van der Waals surface area contributed by atoms with Gasteiger partial charge in [0.1, 0.15) is 0 Å². The highest BCUT2D eigenvalue weighted by molar-refractivity contribution is 5.91. The topological polar surface area (TPSA) is 106 Å². The Labute approximate surface area is 119 Å². The minimum atomic E-state index is -0.678. The molecule has 0 atom stereocenters. The van der Waals surface area contributed by atoms with Crippen LogP contribution in [-0.4, -0.2) is 27.6 Å². The number of nitrogens with one attached hydrogen (secondary N) is 2. The predicted molar refractivity (Wildman–Crippen MR) is 75.9 cm³/mol. The van der Waals surface area contributed by atoms with Crippen LogP contribution in [0.1, 0.15) is 15.9 Å². The number of aryl methyl sites for hydroxylation is 1. The summed E-state index contributed by atoms with van der Waals surface area (Å²) < 4.78 is 5.49. The van der Waals surface area contributed by atoms with Crippen molar-refractivity contribution >= 4 is 17.6 Å². The summed E-state index contributed by atoms with van der Waals surface area (Å²) in [5.41, 5.74) is 0.430. The van der Waals surface area contributed by atoms with Crippen LogP contribution in [0.25, 0.3) is 0 Å². The van der Waals surface area contributed by atoms with E-state index in [0.29, 0.717) is 11.3 Å². The van der Waals surface area contributed by atoms with Gasteiger partial charge >= 0.3 is 17.3 Å². The number of rotatable bonds is 3. The molecule has 0 amide bonds. The van der Waals surface area contributed by atoms with E-state index in [1.165, 1.54) is 14.2 Å². The first-order valence-corrected chi connectivity index (χ1v) is 6.05. The molecule has 110 valence electrons. The van der Waals surface area contributed by atoms with Gasteiger partial charge in [-0.3, -0.25) is 4.98 Å². The smallest absolute Gasteiger partial charge is 0.354 e. The second-order valence-electron chi connectivity index (χ2n) is 4.38. The van der Waals surface area contributed by atoms with Gasteiger partial charge in [0.05, 0.1) is 12.7 Å². The Kier molecular flexibility index (Phi) is 3.88. The fourth-order valence-electron chi connectivity index (χ4n) is 1.66. The molecule has 0 aliphatic heterocycles. The summed E-state index contributed by atoms with van der Waals surface area (Å²) in [6.45, 7) is 1.81. The molecule has 2 rings (SSSR count). The van der Waals surface area contributed by atoms with Gasteiger partial charge in [0.2, 0.25) is 5.95 Å². The third kappa shape index (κ3) is 2.99. The van der Waals surface area contributed by atoms with Gasteiger partial charge in [-0.15, -0.1) is 0 Å². The molecule has 0 aliphatic rings. The van der Waals surface area contributed by atoms with Crippen LogP contribution >= 0.6 is 0 Å². The standard InChI is InChI=1S/C13H14N4O4/c1-7-4-5-8(10(18)21-3)6-9(7)14-11-15-12(19)17(2)13(20)16-11/h4-6H,1-3H3,(H2,14,15,16,19,20). The molecule has 0 saturated carbocycles. The third-order valence-electron chi connectivity index (χ3n) is 2.94. The number of esters is 1. The molecule has 1 heterocycles. The Morgan fingerprint density at radius 2 is 2.10 bits per heavy atom. The molecule has 1 aromatic heterocycles. The zero-order chi connectivity index (χ0) is 15.6. The fraction of sp³-hybridized carbons (Fsp3) is 0.231.